The Labute approximate surface area is 243 Å². The van der Waals surface area contributed by atoms with E-state index in [1.165, 1.54) is 29.2 Å². The van der Waals surface area contributed by atoms with Gasteiger partial charge >= 0.3 is 17.9 Å². The van der Waals surface area contributed by atoms with Crippen LogP contribution >= 0.6 is 23.1 Å². The quantitative estimate of drug-likeness (QED) is 0.134. The van der Waals surface area contributed by atoms with Crippen molar-refractivity contribution in [3.8, 4) is 0 Å². The molecule has 1 aromatic rings. The number of cyclic esters (lactones) is 1. The van der Waals surface area contributed by atoms with E-state index in [-0.39, 0.29) is 40.4 Å². The number of thioether (sulfide) groups is 1. The summed E-state index contributed by atoms with van der Waals surface area (Å²) in [6.07, 6.45) is 3.57. The first kappa shape index (κ1) is 30.0. The summed E-state index contributed by atoms with van der Waals surface area (Å²) in [7, 11) is 1.26. The van der Waals surface area contributed by atoms with Crippen LogP contribution in [0.25, 0.3) is 0 Å². The summed E-state index contributed by atoms with van der Waals surface area (Å²) in [4.78, 5) is 73.1. The van der Waals surface area contributed by atoms with E-state index in [0.29, 0.717) is 12.0 Å². The molecule has 220 valence electrons. The first-order valence-corrected chi connectivity index (χ1v) is 14.4. The maximum Gasteiger partial charge on any atom is 0.358 e. The molecular formula is C25H29N5O9S2. The number of nitrogens with zero attached hydrogens (tertiary/aromatic N) is 3. The molecule has 3 N–H and O–H groups in total. The van der Waals surface area contributed by atoms with Crippen molar-refractivity contribution in [1.82, 2.24) is 15.2 Å². The number of amides is 2. The molecule has 0 bridgehead atoms. The minimum Gasteiger partial charge on any atom is -0.458 e. The molecule has 2 fully saturated rings. The second kappa shape index (κ2) is 12.3. The van der Waals surface area contributed by atoms with E-state index in [9.17, 15) is 24.0 Å². The Kier molecular flexibility index (Phi) is 9.01. The third kappa shape index (κ3) is 6.70. The highest BCUT2D eigenvalue weighted by molar-refractivity contribution is 8.00. The van der Waals surface area contributed by atoms with E-state index in [1.807, 2.05) is 0 Å². The third-order valence-electron chi connectivity index (χ3n) is 6.06. The molecule has 1 unspecified atom stereocenters. The van der Waals surface area contributed by atoms with Gasteiger partial charge in [0.25, 0.3) is 11.8 Å². The van der Waals surface area contributed by atoms with Crippen LogP contribution < -0.4 is 11.1 Å². The normalized spacial score (nSPS) is 22.7. The predicted molar refractivity (Wildman–Crippen MR) is 147 cm³/mol. The van der Waals surface area contributed by atoms with Gasteiger partial charge in [0, 0.05) is 17.6 Å². The standard InChI is InChI=1S/C25H29N5O9S2/c1-25(2,3)23(35)38-11-37-22(34)18-12(5-6-13-7-8-15(31)39-13)9-40-21-17(20(33)30(18)21)28-19(32)16(29-36-4)14-10-41-24(26)27-14/h5-6,10,13,17,21H,7-9,11H2,1-4H3,(H2,26,27)(H,28,32)/b6-5+,29-16-/t13?,17-,21-/m1/s1. The SMILES string of the molecule is CO/N=C(\C(=O)N[C@@H]1C(=O)N2C(C(=O)OCOC(=O)C(C)(C)C)=C(/C=C/C3CCC(=O)O3)CS[C@H]12)c1csc(N)n1. The van der Waals surface area contributed by atoms with E-state index in [0.717, 1.165) is 11.3 Å². The Hall–Kier alpha value is -3.92. The predicted octanol–water partition coefficient (Wildman–Crippen LogP) is 1.08. The minimum absolute atomic E-state index is 0.0605. The molecule has 0 spiro atoms. The van der Waals surface area contributed by atoms with E-state index in [1.54, 1.807) is 32.9 Å². The molecule has 2 amide bonds. The van der Waals surface area contributed by atoms with Crippen molar-refractivity contribution in [2.75, 3.05) is 25.4 Å². The van der Waals surface area contributed by atoms with Crippen molar-refractivity contribution in [2.24, 2.45) is 10.6 Å². The lowest BCUT2D eigenvalue weighted by Crippen LogP contribution is -2.71. The van der Waals surface area contributed by atoms with E-state index in [2.05, 4.69) is 15.5 Å². The van der Waals surface area contributed by atoms with E-state index in [4.69, 9.17) is 24.8 Å². The van der Waals surface area contributed by atoms with Crippen molar-refractivity contribution in [2.45, 2.75) is 51.1 Å². The van der Waals surface area contributed by atoms with E-state index >= 15 is 0 Å². The van der Waals surface area contributed by atoms with Crippen molar-refractivity contribution >= 4 is 63.7 Å². The maximum atomic E-state index is 13.3. The Morgan fingerprint density at radius 1 is 1.29 bits per heavy atom. The van der Waals surface area contributed by atoms with Crippen LogP contribution in [0.4, 0.5) is 5.13 Å². The number of anilines is 1. The fourth-order valence-electron chi connectivity index (χ4n) is 3.99. The number of carbonyl (C=O) groups is 5. The molecule has 3 aliphatic heterocycles. The number of thiazole rings is 1. The maximum absolute atomic E-state index is 13.3. The van der Waals surface area contributed by atoms with Gasteiger partial charge in [0.05, 0.1) is 5.41 Å². The number of rotatable bonds is 9. The van der Waals surface area contributed by atoms with Crippen LogP contribution in [0.15, 0.2) is 34.0 Å². The highest BCUT2D eigenvalue weighted by Gasteiger charge is 2.54. The van der Waals surface area contributed by atoms with Crippen LogP contribution in [-0.2, 0) is 43.0 Å². The Morgan fingerprint density at radius 3 is 2.66 bits per heavy atom. The molecule has 3 atom stereocenters. The van der Waals surface area contributed by atoms with Gasteiger partial charge in [0.15, 0.2) is 10.8 Å². The monoisotopic (exact) mass is 607 g/mol. The lowest BCUT2D eigenvalue weighted by Gasteiger charge is -2.49. The number of allylic oxidation sites excluding steroid dienone is 1. The van der Waals surface area contributed by atoms with Crippen molar-refractivity contribution in [3.63, 3.8) is 0 Å². The molecule has 0 aromatic carbocycles. The molecule has 1 aromatic heterocycles. The number of hydrogen-bond acceptors (Lipinski definition) is 14. The molecule has 4 rings (SSSR count). The zero-order valence-electron chi connectivity index (χ0n) is 22.7. The number of nitrogens with one attached hydrogen (secondary N) is 1. The van der Waals surface area contributed by atoms with Gasteiger partial charge in [-0.25, -0.2) is 9.78 Å². The molecule has 41 heavy (non-hydrogen) atoms. The van der Waals surface area contributed by atoms with Crippen LogP contribution in [0, 0.1) is 5.41 Å². The number of ether oxygens (including phenoxy) is 3. The lowest BCUT2D eigenvalue weighted by atomic mass is 9.98. The first-order valence-electron chi connectivity index (χ1n) is 12.4. The topological polar surface area (TPSA) is 189 Å². The zero-order chi connectivity index (χ0) is 29.9. The number of esters is 3. The molecule has 0 saturated carbocycles. The van der Waals surface area contributed by atoms with Crippen molar-refractivity contribution < 1.29 is 43.0 Å². The summed E-state index contributed by atoms with van der Waals surface area (Å²) in [5.41, 5.74) is 5.26. The van der Waals surface area contributed by atoms with Crippen LogP contribution in [0.1, 0.15) is 39.3 Å². The van der Waals surface area contributed by atoms with Gasteiger partial charge in [-0.3, -0.25) is 24.1 Å². The molecule has 0 aliphatic carbocycles. The summed E-state index contributed by atoms with van der Waals surface area (Å²) < 4.78 is 15.5. The molecule has 0 radical (unpaired) electrons. The van der Waals surface area contributed by atoms with Crippen LogP contribution in [-0.4, -0.2) is 82.5 Å². The summed E-state index contributed by atoms with van der Waals surface area (Å²) >= 11 is 2.42. The van der Waals surface area contributed by atoms with Crippen LogP contribution in [0.2, 0.25) is 0 Å². The smallest absolute Gasteiger partial charge is 0.358 e. The van der Waals surface area contributed by atoms with Gasteiger partial charge < -0.3 is 30.1 Å². The van der Waals surface area contributed by atoms with Crippen LogP contribution in [0.5, 0.6) is 0 Å². The summed E-state index contributed by atoms with van der Waals surface area (Å²) in [6.45, 7) is 4.31. The summed E-state index contributed by atoms with van der Waals surface area (Å²) in [6, 6.07) is -0.992. The fourth-order valence-corrected chi connectivity index (χ4v) is 5.86. The van der Waals surface area contributed by atoms with Gasteiger partial charge in [-0.1, -0.05) is 11.2 Å². The fraction of sp³-hybridized carbons (Fsp3) is 0.480. The lowest BCUT2D eigenvalue weighted by molar-refractivity contribution is -0.173. The number of oxime groups is 1. The number of nitrogens with two attached hydrogens (primary N) is 1. The Morgan fingerprint density at radius 2 is 2.05 bits per heavy atom. The molecular weight excluding hydrogens is 578 g/mol. The molecule has 14 nitrogen and oxygen atoms in total. The number of carbonyl (C=O) groups excluding carboxylic acids is 5. The summed E-state index contributed by atoms with van der Waals surface area (Å²) in [5.74, 6) is -2.80. The second-order valence-electron chi connectivity index (χ2n) is 10.1. The average molecular weight is 608 g/mol. The molecule has 4 heterocycles. The third-order valence-corrected chi connectivity index (χ3v) is 8.04. The summed E-state index contributed by atoms with van der Waals surface area (Å²) in [5, 5.41) is 7.47. The first-order chi connectivity index (χ1) is 19.4. The molecule has 3 aliphatic rings. The Balaban J connectivity index is 1.52. The van der Waals surface area contributed by atoms with Crippen molar-refractivity contribution in [3.05, 3.63) is 34.5 Å². The van der Waals surface area contributed by atoms with Gasteiger partial charge in [-0.15, -0.1) is 23.1 Å². The number of aromatic nitrogens is 1. The van der Waals surface area contributed by atoms with Crippen LogP contribution in [0.3, 0.4) is 0 Å². The average Bonchev–Trinajstić information content (AvgIpc) is 3.54. The molecule has 16 heteroatoms. The van der Waals surface area contributed by atoms with Gasteiger partial charge in [0.2, 0.25) is 6.79 Å². The number of β-lactam (4-membered cyclic amide) rings is 1. The van der Waals surface area contributed by atoms with Gasteiger partial charge in [0.1, 0.15) is 36.0 Å². The van der Waals surface area contributed by atoms with Gasteiger partial charge in [-0.2, -0.15) is 0 Å². The number of hydrogen-bond donors (Lipinski definition) is 2. The largest absolute Gasteiger partial charge is 0.458 e. The molecule has 2 saturated heterocycles. The minimum atomic E-state index is -0.992. The van der Waals surface area contributed by atoms with Crippen molar-refractivity contribution in [1.29, 1.82) is 0 Å². The van der Waals surface area contributed by atoms with Gasteiger partial charge in [-0.05, 0) is 38.8 Å². The zero-order valence-corrected chi connectivity index (χ0v) is 24.3. The number of nitrogen functional groups attached to an aromatic ring is 1. The Bertz CT molecular complexity index is 1350. The number of fused-ring (bicyclic) bond motifs is 1. The van der Waals surface area contributed by atoms with E-state index < -0.39 is 53.5 Å². The highest BCUT2D eigenvalue weighted by atomic mass is 32.2. The second-order valence-corrected chi connectivity index (χ2v) is 12.1. The highest BCUT2D eigenvalue weighted by Crippen LogP contribution is 2.41.